The highest BCUT2D eigenvalue weighted by Crippen LogP contribution is 2.41. The van der Waals surface area contributed by atoms with E-state index in [0.717, 1.165) is 16.5 Å². The fourth-order valence-corrected chi connectivity index (χ4v) is 8.15. The first-order valence-corrected chi connectivity index (χ1v) is 22.4. The number of esters is 1. The van der Waals surface area contributed by atoms with Gasteiger partial charge in [-0.3, -0.25) is 14.4 Å². The van der Waals surface area contributed by atoms with Crippen molar-refractivity contribution in [2.24, 2.45) is 11.7 Å². The van der Waals surface area contributed by atoms with Gasteiger partial charge in [0.25, 0.3) is 5.56 Å². The Bertz CT molecular complexity index is 2720. The number of likely N-dealkylation sites (N-methyl/N-ethyl adjacent to an activating group) is 2. The monoisotopic (exact) mass is 955 g/mol. The molecule has 0 saturated carbocycles. The topological polar surface area (TPSA) is 303 Å². The van der Waals surface area contributed by atoms with Gasteiger partial charge in [0.15, 0.2) is 5.60 Å². The van der Waals surface area contributed by atoms with Crippen LogP contribution in [0.25, 0.3) is 22.3 Å². The van der Waals surface area contributed by atoms with Crippen LogP contribution in [0.2, 0.25) is 0 Å². The van der Waals surface area contributed by atoms with E-state index in [4.69, 9.17) is 24.9 Å². The predicted octanol–water partition coefficient (Wildman–Crippen LogP) is 3.51. The van der Waals surface area contributed by atoms with E-state index in [-0.39, 0.29) is 81.1 Å². The number of aryl methyl sites for hydroxylation is 1. The number of nitrogens with zero attached hydrogens (tertiary/aromatic N) is 4. The van der Waals surface area contributed by atoms with E-state index in [9.17, 15) is 48.6 Å². The third-order valence-corrected chi connectivity index (χ3v) is 12.1. The number of cyclic esters (lactones) is 1. The lowest BCUT2D eigenvalue weighted by Gasteiger charge is -2.31. The number of nitrogens with one attached hydrogen (secondary N) is 4. The number of ether oxygens (including phenoxy) is 3. The number of nitrogens with two attached hydrogens (primary N) is 1. The van der Waals surface area contributed by atoms with Crippen molar-refractivity contribution in [1.82, 2.24) is 35.3 Å². The number of primary amides is 1. The maximum Gasteiger partial charge on any atom is 0.415 e. The van der Waals surface area contributed by atoms with Gasteiger partial charge in [0.05, 0.1) is 29.0 Å². The Kier molecular flexibility index (Phi) is 15.8. The number of amides is 7. The molecular weight excluding hydrogens is 899 g/mol. The average Bonchev–Trinajstić information content (AvgIpc) is 3.68. The normalized spacial score (nSPS) is 15.4. The van der Waals surface area contributed by atoms with Gasteiger partial charge in [-0.05, 0) is 79.1 Å². The van der Waals surface area contributed by atoms with Crippen LogP contribution in [-0.4, -0.2) is 117 Å². The lowest BCUT2D eigenvalue weighted by molar-refractivity contribution is -0.172. The van der Waals surface area contributed by atoms with Crippen LogP contribution < -0.4 is 37.3 Å². The maximum absolute atomic E-state index is 13.7. The fraction of sp³-hybridized carbons (Fsp3) is 0.426. The molecule has 2 aromatic carbocycles. The summed E-state index contributed by atoms with van der Waals surface area (Å²) in [6.07, 6.45) is -1.78. The van der Waals surface area contributed by atoms with Crippen LogP contribution in [0.5, 0.6) is 5.75 Å². The van der Waals surface area contributed by atoms with Crippen molar-refractivity contribution in [2.45, 2.75) is 90.8 Å². The molecule has 4 aromatic rings. The zero-order valence-electron chi connectivity index (χ0n) is 39.2. The smallest absolute Gasteiger partial charge is 0.415 e. The third-order valence-electron chi connectivity index (χ3n) is 12.1. The van der Waals surface area contributed by atoms with Crippen LogP contribution in [0.3, 0.4) is 0 Å². The van der Waals surface area contributed by atoms with Crippen molar-refractivity contribution < 1.29 is 58.0 Å². The van der Waals surface area contributed by atoms with E-state index >= 15 is 0 Å². The largest absolute Gasteiger partial charge is 0.465 e. The van der Waals surface area contributed by atoms with Crippen molar-refractivity contribution >= 4 is 58.7 Å². The number of aliphatic hydroxyl groups is 1. The molecule has 8 N–H and O–H groups in total. The highest BCUT2D eigenvalue weighted by molar-refractivity contribution is 5.98. The van der Waals surface area contributed by atoms with E-state index in [2.05, 4.69) is 21.3 Å². The summed E-state index contributed by atoms with van der Waals surface area (Å²) in [7, 11) is 3.04. The second-order valence-electron chi connectivity index (χ2n) is 17.2. The fourth-order valence-electron chi connectivity index (χ4n) is 8.15. The summed E-state index contributed by atoms with van der Waals surface area (Å²) in [5.74, 6) is -2.25. The molecule has 22 nitrogen and oxygen atoms in total. The number of fused-ring (bicyclic) bond motifs is 5. The summed E-state index contributed by atoms with van der Waals surface area (Å²) in [5, 5.41) is 31.0. The Morgan fingerprint density at radius 1 is 0.942 bits per heavy atom. The number of urea groups is 1. The molecule has 22 heteroatoms. The summed E-state index contributed by atoms with van der Waals surface area (Å²) >= 11 is 0. The number of aromatic nitrogens is 2. The molecule has 368 valence electrons. The molecule has 69 heavy (non-hydrogen) atoms. The first-order valence-electron chi connectivity index (χ1n) is 22.4. The Hall–Kier alpha value is -7.75. The first-order chi connectivity index (χ1) is 32.8. The van der Waals surface area contributed by atoms with Crippen LogP contribution in [-0.2, 0) is 55.6 Å². The van der Waals surface area contributed by atoms with Gasteiger partial charge in [0.2, 0.25) is 11.8 Å². The number of rotatable bonds is 18. The lowest BCUT2D eigenvalue weighted by Crippen LogP contribution is -2.54. The Balaban J connectivity index is 1.01. The van der Waals surface area contributed by atoms with Gasteiger partial charge >= 0.3 is 30.3 Å². The Labute approximate surface area is 396 Å². The second kappa shape index (κ2) is 21.5. The van der Waals surface area contributed by atoms with E-state index in [1.807, 2.05) is 6.92 Å². The quantitative estimate of drug-likeness (QED) is 0.0489. The van der Waals surface area contributed by atoms with Crippen LogP contribution in [0, 0.1) is 5.92 Å². The highest BCUT2D eigenvalue weighted by atomic mass is 16.6. The molecule has 0 fully saturated rings. The second-order valence-corrected chi connectivity index (χ2v) is 17.2. The van der Waals surface area contributed by atoms with Crippen molar-refractivity contribution in [3.63, 3.8) is 0 Å². The molecule has 0 saturated heterocycles. The summed E-state index contributed by atoms with van der Waals surface area (Å²) in [6.45, 7) is 7.13. The summed E-state index contributed by atoms with van der Waals surface area (Å²) < 4.78 is 18.0. The first kappa shape index (κ1) is 50.7. The standard InChI is InChI=1S/C47H57N9O13/c1-7-29-30-20-28(15-16-34(30)51-38-31(29)22-56-36(38)21-33-32(41(56)59)24-67-42(60)47(33,66)8-2)69-46(65)55(6)19-18-54(5)45(64)68-23-26-11-13-27(14-12-26)50-39(57)35(10-9-17-49-43(48)61)52-40(58)37(25(3)4)53-44(62)63/h11-16,20-21,25,35,37,53,66H,7-10,17-19,22-24H2,1-6H3,(H,50,57)(H,52,58)(H,62,63)(H3,48,49,61)/t35-,37-,47-/m0/s1. The number of carboxylic acid groups (broad SMARTS) is 1. The van der Waals surface area contributed by atoms with Gasteiger partial charge in [-0.1, -0.05) is 39.8 Å². The van der Waals surface area contributed by atoms with Crippen LogP contribution >= 0.6 is 0 Å². The number of pyridine rings is 2. The molecule has 0 spiro atoms. The molecule has 2 aromatic heterocycles. The summed E-state index contributed by atoms with van der Waals surface area (Å²) in [5.41, 5.74) is 7.58. The van der Waals surface area contributed by atoms with Gasteiger partial charge in [0.1, 0.15) is 31.0 Å². The number of benzene rings is 2. The number of carbonyl (C=O) groups excluding carboxylic acids is 6. The molecule has 0 radical (unpaired) electrons. The van der Waals surface area contributed by atoms with Crippen LogP contribution in [0.1, 0.15) is 74.8 Å². The predicted molar refractivity (Wildman–Crippen MR) is 249 cm³/mol. The van der Waals surface area contributed by atoms with Gasteiger partial charge in [-0.15, -0.1) is 0 Å². The number of anilines is 1. The molecule has 2 aliphatic rings. The lowest BCUT2D eigenvalue weighted by atomic mass is 9.86. The van der Waals surface area contributed by atoms with Crippen molar-refractivity contribution in [3.8, 4) is 17.1 Å². The average molecular weight is 956 g/mol. The zero-order chi connectivity index (χ0) is 50.3. The Morgan fingerprint density at radius 3 is 2.28 bits per heavy atom. The van der Waals surface area contributed by atoms with Gasteiger partial charge < -0.3 is 65.8 Å². The van der Waals surface area contributed by atoms with Gasteiger partial charge in [-0.25, -0.2) is 29.0 Å². The molecule has 0 unspecified atom stereocenters. The van der Waals surface area contributed by atoms with Crippen molar-refractivity contribution in [1.29, 1.82) is 0 Å². The van der Waals surface area contributed by atoms with Gasteiger partial charge in [0, 0.05) is 55.9 Å². The van der Waals surface area contributed by atoms with E-state index < -0.39 is 65.7 Å². The molecular formula is C47H57N9O13. The SMILES string of the molecule is CCc1c2c(nc3ccc(OC(=O)N(C)CCN(C)C(=O)OCc4ccc(NC(=O)[C@H](CCCNC(N)=O)NC(=O)[C@@H](NC(=O)O)C(C)C)cc4)cc13)-c1cc3c(c(=O)n1C2)COC(=O)[C@]3(O)CC. The number of carbonyl (C=O) groups is 7. The van der Waals surface area contributed by atoms with E-state index in [1.165, 1.54) is 23.9 Å². The van der Waals surface area contributed by atoms with Crippen LogP contribution in [0.4, 0.5) is 24.9 Å². The zero-order valence-corrected chi connectivity index (χ0v) is 39.2. The maximum atomic E-state index is 13.7. The van der Waals surface area contributed by atoms with Crippen molar-refractivity contribution in [2.75, 3.05) is 39.0 Å². The highest BCUT2D eigenvalue weighted by Gasteiger charge is 2.45. The minimum atomic E-state index is -1.95. The summed E-state index contributed by atoms with van der Waals surface area (Å²) in [6, 6.07) is 10.1. The third kappa shape index (κ3) is 11.3. The number of hydrogen-bond donors (Lipinski definition) is 7. The van der Waals surface area contributed by atoms with E-state index in [1.54, 1.807) is 73.9 Å². The molecule has 6 rings (SSSR count). The van der Waals surface area contributed by atoms with Crippen molar-refractivity contribution in [3.05, 3.63) is 86.7 Å². The summed E-state index contributed by atoms with van der Waals surface area (Å²) in [4.78, 5) is 109. The minimum Gasteiger partial charge on any atom is -0.465 e. The number of hydrogen-bond acceptors (Lipinski definition) is 13. The molecule has 3 atom stereocenters. The molecule has 4 heterocycles. The van der Waals surface area contributed by atoms with Gasteiger partial charge in [-0.2, -0.15) is 0 Å². The molecule has 0 bridgehead atoms. The minimum absolute atomic E-state index is 0.0284. The van der Waals surface area contributed by atoms with E-state index in [0.29, 0.717) is 34.6 Å². The molecule has 0 aliphatic carbocycles. The van der Waals surface area contributed by atoms with Crippen LogP contribution in [0.15, 0.2) is 53.3 Å². The molecule has 2 aliphatic heterocycles. The Morgan fingerprint density at radius 2 is 1.64 bits per heavy atom. The molecule has 7 amide bonds.